The lowest BCUT2D eigenvalue weighted by atomic mass is 10.1. The molecule has 0 bridgehead atoms. The molecule has 0 aliphatic carbocycles. The molecule has 0 saturated heterocycles. The number of esters is 2. The monoisotopic (exact) mass is 536 g/mol. The zero-order chi connectivity index (χ0) is 25.5. The van der Waals surface area contributed by atoms with E-state index in [9.17, 15) is 14.4 Å². The van der Waals surface area contributed by atoms with Gasteiger partial charge in [-0.05, 0) is 45.4 Å². The van der Waals surface area contributed by atoms with E-state index in [1.807, 2.05) is 29.7 Å². The van der Waals surface area contributed by atoms with Gasteiger partial charge in [0.1, 0.15) is 9.88 Å². The molecular formula is C23H25ClN4O5S2. The van der Waals surface area contributed by atoms with Crippen LogP contribution in [-0.2, 0) is 20.8 Å². The molecule has 0 fully saturated rings. The molecule has 1 N–H and O–H groups in total. The Kier molecular flexibility index (Phi) is 9.30. The molecule has 3 aromatic rings. The zero-order valence-electron chi connectivity index (χ0n) is 19.7. The maximum Gasteiger partial charge on any atom is 0.348 e. The predicted octanol–water partition coefficient (Wildman–Crippen LogP) is 5.07. The van der Waals surface area contributed by atoms with Crippen LogP contribution in [0.5, 0.6) is 0 Å². The fraction of sp³-hybridized carbons (Fsp3) is 0.348. The Morgan fingerprint density at radius 2 is 1.77 bits per heavy atom. The molecule has 186 valence electrons. The van der Waals surface area contributed by atoms with E-state index in [2.05, 4.69) is 15.5 Å². The summed E-state index contributed by atoms with van der Waals surface area (Å²) in [5, 5.41) is 12.6. The van der Waals surface area contributed by atoms with Gasteiger partial charge < -0.3 is 19.4 Å². The van der Waals surface area contributed by atoms with Gasteiger partial charge in [0.2, 0.25) is 5.91 Å². The SMILES string of the molecule is CCOC(=O)c1sc(NC(=O)CSc2nnc(-c3ccccc3Cl)n2CC)c(C(=O)OCC)c1C. The third-order valence-corrected chi connectivity index (χ3v) is 7.30. The number of hydrogen-bond acceptors (Lipinski definition) is 9. The highest BCUT2D eigenvalue weighted by molar-refractivity contribution is 7.99. The summed E-state index contributed by atoms with van der Waals surface area (Å²) in [5.41, 5.74) is 1.31. The fourth-order valence-electron chi connectivity index (χ4n) is 3.26. The Morgan fingerprint density at radius 1 is 1.09 bits per heavy atom. The third kappa shape index (κ3) is 6.03. The summed E-state index contributed by atoms with van der Waals surface area (Å²) in [6, 6.07) is 7.34. The molecule has 3 rings (SSSR count). The first-order valence-electron chi connectivity index (χ1n) is 10.9. The van der Waals surface area contributed by atoms with Gasteiger partial charge in [-0.25, -0.2) is 9.59 Å². The maximum absolute atomic E-state index is 12.8. The predicted molar refractivity (Wildman–Crippen MR) is 136 cm³/mol. The van der Waals surface area contributed by atoms with Gasteiger partial charge in [0.15, 0.2) is 11.0 Å². The number of nitrogens with one attached hydrogen (secondary N) is 1. The van der Waals surface area contributed by atoms with E-state index in [1.54, 1.807) is 26.8 Å². The number of carbonyl (C=O) groups is 3. The molecule has 1 amide bonds. The molecule has 1 aromatic carbocycles. The number of rotatable bonds is 10. The molecule has 0 aliphatic rings. The second kappa shape index (κ2) is 12.2. The van der Waals surface area contributed by atoms with Crippen LogP contribution in [0.25, 0.3) is 11.4 Å². The van der Waals surface area contributed by atoms with E-state index in [0.717, 1.165) is 16.9 Å². The number of thioether (sulfide) groups is 1. The van der Waals surface area contributed by atoms with Crippen molar-refractivity contribution in [1.29, 1.82) is 0 Å². The molecule has 2 heterocycles. The van der Waals surface area contributed by atoms with Crippen LogP contribution in [0, 0.1) is 6.92 Å². The van der Waals surface area contributed by atoms with Gasteiger partial charge in [0, 0.05) is 12.1 Å². The molecule has 0 spiro atoms. The summed E-state index contributed by atoms with van der Waals surface area (Å²) in [6.07, 6.45) is 0. The Labute approximate surface area is 216 Å². The number of aromatic nitrogens is 3. The molecule has 0 atom stereocenters. The van der Waals surface area contributed by atoms with Gasteiger partial charge in [0.05, 0.1) is 29.6 Å². The Hall–Kier alpha value is -2.89. The average molecular weight is 537 g/mol. The van der Waals surface area contributed by atoms with Gasteiger partial charge in [-0.1, -0.05) is 35.5 Å². The van der Waals surface area contributed by atoms with Crippen molar-refractivity contribution in [2.75, 3.05) is 24.3 Å². The third-order valence-electron chi connectivity index (χ3n) is 4.82. The Bertz CT molecular complexity index is 1240. The van der Waals surface area contributed by atoms with E-state index in [-0.39, 0.29) is 40.3 Å². The zero-order valence-corrected chi connectivity index (χ0v) is 22.1. The quantitative estimate of drug-likeness (QED) is 0.282. The fourth-order valence-corrected chi connectivity index (χ4v) is 5.38. The minimum absolute atomic E-state index is 0.00854. The first kappa shape index (κ1) is 26.7. The molecular weight excluding hydrogens is 512 g/mol. The first-order valence-corrected chi connectivity index (χ1v) is 13.1. The average Bonchev–Trinajstić information content (AvgIpc) is 3.38. The second-order valence-electron chi connectivity index (χ2n) is 7.07. The molecule has 0 aliphatic heterocycles. The maximum atomic E-state index is 12.8. The summed E-state index contributed by atoms with van der Waals surface area (Å²) >= 11 is 8.50. The van der Waals surface area contributed by atoms with Gasteiger partial charge in [-0.2, -0.15) is 0 Å². The van der Waals surface area contributed by atoms with Crippen molar-refractivity contribution in [3.8, 4) is 11.4 Å². The molecule has 0 saturated carbocycles. The number of ether oxygens (including phenoxy) is 2. The van der Waals surface area contributed by atoms with E-state index >= 15 is 0 Å². The van der Waals surface area contributed by atoms with Crippen molar-refractivity contribution in [1.82, 2.24) is 14.8 Å². The van der Waals surface area contributed by atoms with Crippen molar-refractivity contribution in [2.24, 2.45) is 0 Å². The molecule has 9 nitrogen and oxygen atoms in total. The molecule has 0 unspecified atom stereocenters. The van der Waals surface area contributed by atoms with Crippen LogP contribution in [0.15, 0.2) is 29.4 Å². The summed E-state index contributed by atoms with van der Waals surface area (Å²) in [7, 11) is 0. The van der Waals surface area contributed by atoms with Crippen molar-refractivity contribution >= 4 is 57.5 Å². The van der Waals surface area contributed by atoms with Crippen LogP contribution in [-0.4, -0.2) is 51.6 Å². The number of benzene rings is 1. The van der Waals surface area contributed by atoms with E-state index in [4.69, 9.17) is 21.1 Å². The highest BCUT2D eigenvalue weighted by Gasteiger charge is 2.27. The minimum atomic E-state index is -0.616. The number of nitrogens with zero attached hydrogens (tertiary/aromatic N) is 3. The lowest BCUT2D eigenvalue weighted by Crippen LogP contribution is -2.17. The van der Waals surface area contributed by atoms with E-state index in [0.29, 0.717) is 28.1 Å². The number of anilines is 1. The Morgan fingerprint density at radius 3 is 2.43 bits per heavy atom. The molecule has 2 aromatic heterocycles. The Balaban J connectivity index is 1.79. The topological polar surface area (TPSA) is 112 Å². The van der Waals surface area contributed by atoms with E-state index < -0.39 is 11.9 Å². The summed E-state index contributed by atoms with van der Waals surface area (Å²) in [5.74, 6) is -0.927. The smallest absolute Gasteiger partial charge is 0.348 e. The lowest BCUT2D eigenvalue weighted by molar-refractivity contribution is -0.113. The second-order valence-corrected chi connectivity index (χ2v) is 9.44. The molecule has 35 heavy (non-hydrogen) atoms. The largest absolute Gasteiger partial charge is 0.462 e. The van der Waals surface area contributed by atoms with Gasteiger partial charge >= 0.3 is 11.9 Å². The van der Waals surface area contributed by atoms with Crippen LogP contribution >= 0.6 is 34.7 Å². The minimum Gasteiger partial charge on any atom is -0.462 e. The standard InChI is InChI=1S/C23H25ClN4O5S2/c1-5-28-19(14-10-8-9-11-15(14)24)26-27-23(28)34-12-16(29)25-20-17(21(30)32-6-2)13(4)18(35-20)22(31)33-7-3/h8-11H,5-7,12H2,1-4H3,(H,25,29). The summed E-state index contributed by atoms with van der Waals surface area (Å²) in [4.78, 5) is 37.9. The highest BCUT2D eigenvalue weighted by atomic mass is 35.5. The number of carbonyl (C=O) groups excluding carboxylic acids is 3. The van der Waals surface area contributed by atoms with Gasteiger partial charge in [0.25, 0.3) is 0 Å². The number of hydrogen-bond donors (Lipinski definition) is 1. The first-order chi connectivity index (χ1) is 16.8. The lowest BCUT2D eigenvalue weighted by Gasteiger charge is -2.09. The van der Waals surface area contributed by atoms with Crippen molar-refractivity contribution in [2.45, 2.75) is 39.4 Å². The molecule has 12 heteroatoms. The number of amides is 1. The normalized spacial score (nSPS) is 10.8. The van der Waals surface area contributed by atoms with Crippen molar-refractivity contribution in [3.63, 3.8) is 0 Å². The highest BCUT2D eigenvalue weighted by Crippen LogP contribution is 2.35. The number of halogens is 1. The van der Waals surface area contributed by atoms with Crippen LogP contribution in [0.2, 0.25) is 5.02 Å². The van der Waals surface area contributed by atoms with Crippen LogP contribution in [0.4, 0.5) is 5.00 Å². The summed E-state index contributed by atoms with van der Waals surface area (Å²) < 4.78 is 12.1. The number of thiophene rings is 1. The van der Waals surface area contributed by atoms with Crippen molar-refractivity contribution < 1.29 is 23.9 Å². The van der Waals surface area contributed by atoms with Crippen molar-refractivity contribution in [3.05, 3.63) is 45.3 Å². The molecule has 0 radical (unpaired) electrons. The van der Waals surface area contributed by atoms with Crippen LogP contribution < -0.4 is 5.32 Å². The van der Waals surface area contributed by atoms with Crippen LogP contribution in [0.3, 0.4) is 0 Å². The summed E-state index contributed by atoms with van der Waals surface area (Å²) in [6.45, 7) is 7.88. The van der Waals surface area contributed by atoms with Crippen LogP contribution in [0.1, 0.15) is 46.4 Å². The van der Waals surface area contributed by atoms with E-state index in [1.165, 1.54) is 11.8 Å². The van der Waals surface area contributed by atoms with Gasteiger partial charge in [-0.3, -0.25) is 4.79 Å². The van der Waals surface area contributed by atoms with Gasteiger partial charge in [-0.15, -0.1) is 21.5 Å².